The van der Waals surface area contributed by atoms with Crippen LogP contribution in [0.4, 0.5) is 0 Å². The van der Waals surface area contributed by atoms with Crippen molar-refractivity contribution in [1.29, 1.82) is 0 Å². The van der Waals surface area contributed by atoms with E-state index in [1.54, 1.807) is 0 Å². The fraction of sp³-hybridized carbons (Fsp3) is 0.545. The van der Waals surface area contributed by atoms with Gasteiger partial charge in [-0.25, -0.2) is 4.98 Å². The highest BCUT2D eigenvalue weighted by molar-refractivity contribution is 7.99. The van der Waals surface area contributed by atoms with Gasteiger partial charge in [0.25, 0.3) is 0 Å². The molecule has 1 saturated heterocycles. The molecule has 6 heteroatoms. The van der Waals surface area contributed by atoms with Crippen LogP contribution < -0.4 is 0 Å². The maximum absolute atomic E-state index is 12.8. The van der Waals surface area contributed by atoms with Gasteiger partial charge in [-0.1, -0.05) is 42.1 Å². The molecule has 1 atom stereocenters. The van der Waals surface area contributed by atoms with Crippen LogP contribution in [0.25, 0.3) is 11.3 Å². The summed E-state index contributed by atoms with van der Waals surface area (Å²) in [6.45, 7) is 9.86. The van der Waals surface area contributed by atoms with Gasteiger partial charge in [-0.05, 0) is 46.1 Å². The van der Waals surface area contributed by atoms with Crippen molar-refractivity contribution in [3.63, 3.8) is 0 Å². The Morgan fingerprint density at radius 2 is 1.96 bits per heavy atom. The fourth-order valence-electron chi connectivity index (χ4n) is 3.85. The molecular weight excluding hydrogens is 370 g/mol. The first kappa shape index (κ1) is 20.9. The van der Waals surface area contributed by atoms with Crippen molar-refractivity contribution >= 4 is 17.7 Å². The van der Waals surface area contributed by atoms with Crippen LogP contribution in [-0.4, -0.2) is 50.9 Å². The van der Waals surface area contributed by atoms with E-state index >= 15 is 0 Å². The molecule has 0 bridgehead atoms. The summed E-state index contributed by atoms with van der Waals surface area (Å²) in [5, 5.41) is 0.884. The van der Waals surface area contributed by atoms with Crippen LogP contribution in [0.2, 0.25) is 0 Å². The van der Waals surface area contributed by atoms with Crippen LogP contribution in [0.3, 0.4) is 0 Å². The average molecular weight is 402 g/mol. The lowest BCUT2D eigenvalue weighted by Crippen LogP contribution is -2.43. The topological polar surface area (TPSA) is 47.4 Å². The van der Waals surface area contributed by atoms with Crippen LogP contribution >= 0.6 is 11.8 Å². The Hall–Kier alpha value is -1.79. The van der Waals surface area contributed by atoms with E-state index in [1.165, 1.54) is 11.8 Å². The first-order valence-corrected chi connectivity index (χ1v) is 11.1. The molecule has 0 aliphatic carbocycles. The smallest absolute Gasteiger partial charge is 0.233 e. The number of benzene rings is 1. The van der Waals surface area contributed by atoms with E-state index in [0.717, 1.165) is 42.4 Å². The largest absolute Gasteiger partial charge is 0.376 e. The van der Waals surface area contributed by atoms with Crippen LogP contribution in [-0.2, 0) is 16.1 Å². The summed E-state index contributed by atoms with van der Waals surface area (Å²) in [5.41, 5.74) is 2.22. The lowest BCUT2D eigenvalue weighted by molar-refractivity contribution is -0.131. The summed E-state index contributed by atoms with van der Waals surface area (Å²) >= 11 is 1.52. The van der Waals surface area contributed by atoms with Crippen LogP contribution in [0.15, 0.2) is 41.7 Å². The Balaban J connectivity index is 1.80. The van der Waals surface area contributed by atoms with Crippen molar-refractivity contribution in [3.05, 3.63) is 36.5 Å². The third kappa shape index (κ3) is 4.97. The summed E-state index contributed by atoms with van der Waals surface area (Å²) < 4.78 is 8.09. The van der Waals surface area contributed by atoms with Gasteiger partial charge in [-0.3, -0.25) is 4.79 Å². The summed E-state index contributed by atoms with van der Waals surface area (Å²) in [4.78, 5) is 19.4. The Kier molecular flexibility index (Phi) is 7.18. The number of hydrogen-bond acceptors (Lipinski definition) is 4. The second kappa shape index (κ2) is 9.61. The number of imidazole rings is 1. The number of rotatable bonds is 8. The second-order valence-electron chi connectivity index (χ2n) is 7.81. The van der Waals surface area contributed by atoms with Crippen molar-refractivity contribution in [2.24, 2.45) is 0 Å². The van der Waals surface area contributed by atoms with Crippen molar-refractivity contribution < 1.29 is 9.53 Å². The van der Waals surface area contributed by atoms with Crippen LogP contribution in [0.1, 0.15) is 40.5 Å². The van der Waals surface area contributed by atoms with Crippen molar-refractivity contribution in [2.75, 3.05) is 12.4 Å². The molecule has 0 spiro atoms. The highest BCUT2D eigenvalue weighted by Crippen LogP contribution is 2.28. The highest BCUT2D eigenvalue weighted by Gasteiger charge is 2.23. The van der Waals surface area contributed by atoms with Gasteiger partial charge in [-0.2, -0.15) is 0 Å². The molecule has 1 fully saturated rings. The molecule has 5 nitrogen and oxygen atoms in total. The zero-order chi connectivity index (χ0) is 20.1. The maximum atomic E-state index is 12.8. The van der Waals surface area contributed by atoms with Crippen LogP contribution in [0, 0.1) is 0 Å². The van der Waals surface area contributed by atoms with Crippen molar-refractivity contribution in [3.8, 4) is 11.3 Å². The Morgan fingerprint density at radius 3 is 2.57 bits per heavy atom. The molecule has 152 valence electrons. The van der Waals surface area contributed by atoms with E-state index in [9.17, 15) is 4.79 Å². The zero-order valence-electron chi connectivity index (χ0n) is 17.3. The molecule has 1 amide bonds. The van der Waals surface area contributed by atoms with E-state index in [-0.39, 0.29) is 24.1 Å². The van der Waals surface area contributed by atoms with Crippen molar-refractivity contribution in [1.82, 2.24) is 14.5 Å². The summed E-state index contributed by atoms with van der Waals surface area (Å²) in [6.07, 6.45) is 4.32. The summed E-state index contributed by atoms with van der Waals surface area (Å²) in [5.74, 6) is 0.551. The van der Waals surface area contributed by atoms with E-state index in [2.05, 4.69) is 49.4 Å². The number of ether oxygens (including phenoxy) is 1. The first-order valence-electron chi connectivity index (χ1n) is 10.1. The molecular formula is C22H31N3O2S. The maximum Gasteiger partial charge on any atom is 0.233 e. The molecule has 1 aliphatic heterocycles. The van der Waals surface area contributed by atoms with Gasteiger partial charge >= 0.3 is 0 Å². The van der Waals surface area contributed by atoms with Gasteiger partial charge in [0.05, 0.1) is 30.3 Å². The highest BCUT2D eigenvalue weighted by atomic mass is 32.2. The van der Waals surface area contributed by atoms with Gasteiger partial charge < -0.3 is 14.2 Å². The molecule has 2 heterocycles. The van der Waals surface area contributed by atoms with Crippen LogP contribution in [0.5, 0.6) is 0 Å². The monoisotopic (exact) mass is 401 g/mol. The fourth-order valence-corrected chi connectivity index (χ4v) is 4.71. The Labute approximate surface area is 172 Å². The molecule has 0 saturated carbocycles. The summed E-state index contributed by atoms with van der Waals surface area (Å²) in [6, 6.07) is 10.7. The predicted octanol–water partition coefficient (Wildman–Crippen LogP) is 4.47. The van der Waals surface area contributed by atoms with Gasteiger partial charge in [0.2, 0.25) is 5.91 Å². The minimum absolute atomic E-state index is 0.155. The lowest BCUT2D eigenvalue weighted by Gasteiger charge is -2.30. The number of amides is 1. The van der Waals surface area contributed by atoms with E-state index in [0.29, 0.717) is 5.75 Å². The third-order valence-electron chi connectivity index (χ3n) is 5.02. The van der Waals surface area contributed by atoms with Crippen molar-refractivity contribution in [2.45, 2.75) is 70.4 Å². The number of aromatic nitrogens is 2. The van der Waals surface area contributed by atoms with E-state index in [4.69, 9.17) is 4.74 Å². The molecule has 0 N–H and O–H groups in total. The van der Waals surface area contributed by atoms with Gasteiger partial charge in [0.15, 0.2) is 5.16 Å². The molecule has 0 radical (unpaired) electrons. The van der Waals surface area contributed by atoms with Gasteiger partial charge in [0.1, 0.15) is 0 Å². The SMILES string of the molecule is CC(C)N(C(=O)CSc1ncc(-c2ccccc2)n1CC1CCCO1)C(C)C. The number of thioether (sulfide) groups is 1. The minimum Gasteiger partial charge on any atom is -0.376 e. The molecule has 1 aromatic heterocycles. The second-order valence-corrected chi connectivity index (χ2v) is 8.76. The molecule has 1 aliphatic rings. The molecule has 28 heavy (non-hydrogen) atoms. The number of carbonyl (C=O) groups is 1. The van der Waals surface area contributed by atoms with E-state index in [1.807, 2.05) is 29.3 Å². The number of carbonyl (C=O) groups excluding carboxylic acids is 1. The van der Waals surface area contributed by atoms with Gasteiger partial charge in [0, 0.05) is 18.7 Å². The molecule has 3 rings (SSSR count). The summed E-state index contributed by atoms with van der Waals surface area (Å²) in [7, 11) is 0. The standard InChI is InChI=1S/C22H31N3O2S/c1-16(2)25(17(3)4)21(26)15-28-22-23-13-20(18-9-6-5-7-10-18)24(22)14-19-11-8-12-27-19/h5-7,9-10,13,16-17,19H,8,11-12,14-15H2,1-4H3. The zero-order valence-corrected chi connectivity index (χ0v) is 18.1. The average Bonchev–Trinajstić information content (AvgIpc) is 3.30. The molecule has 1 aromatic carbocycles. The Morgan fingerprint density at radius 1 is 1.25 bits per heavy atom. The number of nitrogens with zero attached hydrogens (tertiary/aromatic N) is 3. The quantitative estimate of drug-likeness (QED) is 0.613. The third-order valence-corrected chi connectivity index (χ3v) is 6.00. The predicted molar refractivity (Wildman–Crippen MR) is 114 cm³/mol. The van der Waals surface area contributed by atoms with Gasteiger partial charge in [-0.15, -0.1) is 0 Å². The minimum atomic E-state index is 0.155. The number of hydrogen-bond donors (Lipinski definition) is 0. The van der Waals surface area contributed by atoms with E-state index < -0.39 is 0 Å². The molecule has 1 unspecified atom stereocenters. The first-order chi connectivity index (χ1) is 13.5. The molecule has 2 aromatic rings. The Bertz CT molecular complexity index is 759. The normalized spacial score (nSPS) is 16.9. The lowest BCUT2D eigenvalue weighted by atomic mass is 10.1.